The van der Waals surface area contributed by atoms with Gasteiger partial charge in [0, 0.05) is 36.7 Å². The average Bonchev–Trinajstić information content (AvgIpc) is 2.54. The van der Waals surface area contributed by atoms with Crippen molar-refractivity contribution in [1.29, 1.82) is 0 Å². The Bertz CT molecular complexity index is 800. The maximum atomic E-state index is 12.4. The molecule has 1 aromatic carbocycles. The Morgan fingerprint density at radius 2 is 1.84 bits per heavy atom. The molecule has 1 aromatic heterocycles. The van der Waals surface area contributed by atoms with Crippen LogP contribution in [0.5, 0.6) is 0 Å². The number of amides is 1. The predicted octanol–water partition coefficient (Wildman–Crippen LogP) is 2.80. The third-order valence-electron chi connectivity index (χ3n) is 4.04. The van der Waals surface area contributed by atoms with Crippen LogP contribution in [0.2, 0.25) is 0 Å². The van der Waals surface area contributed by atoms with E-state index in [2.05, 4.69) is 24.1 Å². The number of pyridine rings is 1. The molecule has 134 valence electrons. The molecule has 6 heteroatoms. The van der Waals surface area contributed by atoms with E-state index < -0.39 is 9.84 Å². The van der Waals surface area contributed by atoms with Crippen LogP contribution in [-0.2, 0) is 15.6 Å². The second-order valence-corrected chi connectivity index (χ2v) is 8.75. The number of nitrogens with one attached hydrogen (secondary N) is 1. The van der Waals surface area contributed by atoms with Crippen LogP contribution in [0, 0.1) is 5.92 Å². The van der Waals surface area contributed by atoms with Gasteiger partial charge >= 0.3 is 0 Å². The minimum atomic E-state index is -3.08. The highest BCUT2D eigenvalue weighted by Crippen LogP contribution is 2.22. The van der Waals surface area contributed by atoms with Gasteiger partial charge in [-0.1, -0.05) is 32.0 Å². The van der Waals surface area contributed by atoms with Gasteiger partial charge in [0.2, 0.25) is 0 Å². The highest BCUT2D eigenvalue weighted by Gasteiger charge is 2.17. The fraction of sp³-hybridized carbons (Fsp3) is 0.368. The van der Waals surface area contributed by atoms with Gasteiger partial charge in [0.1, 0.15) is 0 Å². The van der Waals surface area contributed by atoms with E-state index in [0.29, 0.717) is 23.6 Å². The summed E-state index contributed by atoms with van der Waals surface area (Å²) in [5, 5.41) is 2.96. The van der Waals surface area contributed by atoms with Crippen molar-refractivity contribution in [3.63, 3.8) is 0 Å². The molecule has 2 rings (SSSR count). The summed E-state index contributed by atoms with van der Waals surface area (Å²) in [5.41, 5.74) is 2.29. The molecular weight excluding hydrogens is 336 g/mol. The largest absolute Gasteiger partial charge is 0.351 e. The topological polar surface area (TPSA) is 76.1 Å². The van der Waals surface area contributed by atoms with E-state index in [1.807, 2.05) is 18.3 Å². The van der Waals surface area contributed by atoms with Gasteiger partial charge in [-0.15, -0.1) is 0 Å². The number of nitrogens with zero attached hydrogens (tertiary/aromatic N) is 1. The maximum absolute atomic E-state index is 12.4. The van der Waals surface area contributed by atoms with E-state index in [1.54, 1.807) is 30.5 Å². The molecule has 0 saturated heterocycles. The first kappa shape index (κ1) is 19.1. The summed E-state index contributed by atoms with van der Waals surface area (Å²) in [5.74, 6) is 0.356. The Morgan fingerprint density at radius 1 is 1.16 bits per heavy atom. The van der Waals surface area contributed by atoms with E-state index in [1.165, 1.54) is 6.26 Å². The van der Waals surface area contributed by atoms with Gasteiger partial charge in [0.05, 0.1) is 5.75 Å². The fourth-order valence-corrected chi connectivity index (χ4v) is 3.49. The molecule has 0 unspecified atom stereocenters. The molecule has 1 amide bonds. The van der Waals surface area contributed by atoms with Crippen LogP contribution in [0.15, 0.2) is 48.8 Å². The van der Waals surface area contributed by atoms with Crippen molar-refractivity contribution in [3.8, 4) is 0 Å². The third kappa shape index (κ3) is 5.98. The van der Waals surface area contributed by atoms with Crippen molar-refractivity contribution in [2.45, 2.75) is 25.5 Å². The van der Waals surface area contributed by atoms with Crippen LogP contribution in [0.4, 0.5) is 0 Å². The number of carbonyl (C=O) groups excluding carboxylic acids is 1. The zero-order valence-corrected chi connectivity index (χ0v) is 15.6. The molecule has 5 nitrogen and oxygen atoms in total. The van der Waals surface area contributed by atoms with E-state index in [0.717, 1.165) is 5.56 Å². The van der Waals surface area contributed by atoms with Gasteiger partial charge in [-0.05, 0) is 35.2 Å². The molecule has 1 N–H and O–H groups in total. The molecular formula is C19H24N2O3S. The summed E-state index contributed by atoms with van der Waals surface area (Å²) in [6.07, 6.45) is 4.76. The summed E-state index contributed by atoms with van der Waals surface area (Å²) in [7, 11) is -3.08. The molecule has 0 bridgehead atoms. The van der Waals surface area contributed by atoms with Crippen LogP contribution >= 0.6 is 0 Å². The second-order valence-electron chi connectivity index (χ2n) is 6.61. The van der Waals surface area contributed by atoms with Crippen molar-refractivity contribution in [2.75, 3.05) is 12.8 Å². The second kappa shape index (κ2) is 8.25. The number of sulfone groups is 1. The molecule has 0 aliphatic heterocycles. The van der Waals surface area contributed by atoms with Gasteiger partial charge in [-0.25, -0.2) is 8.42 Å². The van der Waals surface area contributed by atoms with Crippen LogP contribution in [0.1, 0.15) is 41.3 Å². The van der Waals surface area contributed by atoms with Gasteiger partial charge < -0.3 is 5.32 Å². The molecule has 0 aliphatic rings. The zero-order chi connectivity index (χ0) is 18.4. The molecule has 1 heterocycles. The zero-order valence-electron chi connectivity index (χ0n) is 14.8. The molecule has 2 aromatic rings. The van der Waals surface area contributed by atoms with Crippen molar-refractivity contribution in [1.82, 2.24) is 10.3 Å². The van der Waals surface area contributed by atoms with Crippen LogP contribution < -0.4 is 5.32 Å². The predicted molar refractivity (Wildman–Crippen MR) is 99.1 cm³/mol. The van der Waals surface area contributed by atoms with E-state index in [-0.39, 0.29) is 17.6 Å². The first-order chi connectivity index (χ1) is 11.8. The molecule has 0 spiro atoms. The summed E-state index contributed by atoms with van der Waals surface area (Å²) < 4.78 is 22.6. The standard InChI is InChI=1S/C19H24N2O3S/c1-14(2)18(17-5-4-10-20-11-17)12-21-19(22)16-8-6-15(7-9-16)13-25(3,23)24/h4-11,14,18H,12-13H2,1-3H3,(H,21,22)/t18-/m1/s1. The number of aromatic nitrogens is 1. The van der Waals surface area contributed by atoms with Crippen molar-refractivity contribution in [2.24, 2.45) is 5.92 Å². The Hall–Kier alpha value is -2.21. The monoisotopic (exact) mass is 360 g/mol. The summed E-state index contributed by atoms with van der Waals surface area (Å²) in [6, 6.07) is 10.6. The lowest BCUT2D eigenvalue weighted by atomic mass is 9.89. The van der Waals surface area contributed by atoms with Gasteiger partial charge in [0.25, 0.3) is 5.91 Å². The van der Waals surface area contributed by atoms with E-state index in [9.17, 15) is 13.2 Å². The van der Waals surface area contributed by atoms with Gasteiger partial charge in [-0.2, -0.15) is 0 Å². The minimum Gasteiger partial charge on any atom is -0.351 e. The quantitative estimate of drug-likeness (QED) is 0.824. The van der Waals surface area contributed by atoms with E-state index in [4.69, 9.17) is 0 Å². The van der Waals surface area contributed by atoms with Gasteiger partial charge in [-0.3, -0.25) is 9.78 Å². The van der Waals surface area contributed by atoms with Crippen molar-refractivity contribution < 1.29 is 13.2 Å². The fourth-order valence-electron chi connectivity index (χ4n) is 2.69. The summed E-state index contributed by atoms with van der Waals surface area (Å²) >= 11 is 0. The Kier molecular flexibility index (Phi) is 6.31. The number of carbonyl (C=O) groups is 1. The molecule has 25 heavy (non-hydrogen) atoms. The SMILES string of the molecule is CC(C)[C@@H](CNC(=O)c1ccc(CS(C)(=O)=O)cc1)c1cccnc1. The highest BCUT2D eigenvalue weighted by molar-refractivity contribution is 7.89. The van der Waals surface area contributed by atoms with Crippen LogP contribution in [0.25, 0.3) is 0 Å². The van der Waals surface area contributed by atoms with E-state index >= 15 is 0 Å². The highest BCUT2D eigenvalue weighted by atomic mass is 32.2. The minimum absolute atomic E-state index is 0.0225. The Balaban J connectivity index is 2.01. The van der Waals surface area contributed by atoms with Gasteiger partial charge in [0.15, 0.2) is 9.84 Å². The number of hydrogen-bond donors (Lipinski definition) is 1. The summed E-state index contributed by atoms with van der Waals surface area (Å²) in [4.78, 5) is 16.5. The molecule has 0 aliphatic carbocycles. The summed E-state index contributed by atoms with van der Waals surface area (Å²) in [6.45, 7) is 4.75. The molecule has 0 saturated carbocycles. The maximum Gasteiger partial charge on any atom is 0.251 e. The smallest absolute Gasteiger partial charge is 0.251 e. The number of rotatable bonds is 7. The first-order valence-corrected chi connectivity index (χ1v) is 10.3. The van der Waals surface area contributed by atoms with Crippen LogP contribution in [-0.4, -0.2) is 32.1 Å². The van der Waals surface area contributed by atoms with Crippen LogP contribution in [0.3, 0.4) is 0 Å². The first-order valence-electron chi connectivity index (χ1n) is 8.21. The molecule has 1 atom stereocenters. The van der Waals surface area contributed by atoms with Crippen molar-refractivity contribution in [3.05, 3.63) is 65.5 Å². The Morgan fingerprint density at radius 3 is 2.36 bits per heavy atom. The van der Waals surface area contributed by atoms with Crippen molar-refractivity contribution >= 4 is 15.7 Å². The number of benzene rings is 1. The Labute approximate surface area is 149 Å². The normalized spacial score (nSPS) is 12.8. The molecule has 0 radical (unpaired) electrons. The lowest BCUT2D eigenvalue weighted by Crippen LogP contribution is -2.30. The molecule has 0 fully saturated rings. The number of hydrogen-bond acceptors (Lipinski definition) is 4. The lowest BCUT2D eigenvalue weighted by Gasteiger charge is -2.21. The average molecular weight is 360 g/mol. The lowest BCUT2D eigenvalue weighted by molar-refractivity contribution is 0.0949. The third-order valence-corrected chi connectivity index (χ3v) is 4.90.